The lowest BCUT2D eigenvalue weighted by Gasteiger charge is -2.36. The van der Waals surface area contributed by atoms with Crippen molar-refractivity contribution in [2.75, 3.05) is 37.0 Å². The second-order valence-electron chi connectivity index (χ2n) is 6.03. The van der Waals surface area contributed by atoms with E-state index < -0.39 is 0 Å². The topological polar surface area (TPSA) is 54.6 Å². The van der Waals surface area contributed by atoms with Crippen LogP contribution in [-0.4, -0.2) is 37.4 Å². The van der Waals surface area contributed by atoms with Gasteiger partial charge < -0.3 is 19.0 Å². The van der Waals surface area contributed by atoms with Crippen molar-refractivity contribution in [1.29, 1.82) is 0 Å². The second-order valence-corrected chi connectivity index (χ2v) is 6.03. The minimum absolute atomic E-state index is 0.481. The maximum atomic E-state index is 5.90. The van der Waals surface area contributed by atoms with Crippen LogP contribution in [0.25, 0.3) is 11.5 Å². The summed E-state index contributed by atoms with van der Waals surface area (Å²) in [4.78, 5) is 4.54. The van der Waals surface area contributed by atoms with Gasteiger partial charge in [-0.3, -0.25) is 0 Å². The number of anilines is 2. The molecule has 2 heterocycles. The Labute approximate surface area is 146 Å². The molecule has 0 saturated carbocycles. The predicted octanol–water partition coefficient (Wildman–Crippen LogP) is 3.20. The molecule has 0 amide bonds. The molecule has 1 aliphatic heterocycles. The first-order valence-corrected chi connectivity index (χ1v) is 8.27. The molecule has 128 valence electrons. The van der Waals surface area contributed by atoms with Gasteiger partial charge in [0.1, 0.15) is 5.75 Å². The highest BCUT2D eigenvalue weighted by Gasteiger charge is 2.22. The van der Waals surface area contributed by atoms with E-state index in [-0.39, 0.29) is 0 Å². The van der Waals surface area contributed by atoms with E-state index in [1.807, 2.05) is 24.3 Å². The lowest BCUT2D eigenvalue weighted by Crippen LogP contribution is -2.38. The number of hydrogen-bond donors (Lipinski definition) is 0. The Morgan fingerprint density at radius 1 is 1.00 bits per heavy atom. The Morgan fingerprint density at radius 2 is 1.76 bits per heavy atom. The zero-order chi connectivity index (χ0) is 17.2. The first-order chi connectivity index (χ1) is 12.3. The van der Waals surface area contributed by atoms with E-state index in [9.17, 15) is 0 Å². The van der Waals surface area contributed by atoms with Crippen molar-refractivity contribution in [3.05, 3.63) is 54.4 Å². The van der Waals surface area contributed by atoms with Gasteiger partial charge in [-0.1, -0.05) is 24.3 Å². The third-order valence-corrected chi connectivity index (χ3v) is 4.47. The molecular formula is C19H20N4O2. The van der Waals surface area contributed by atoms with Gasteiger partial charge in [0, 0.05) is 20.1 Å². The average molecular weight is 336 g/mol. The van der Waals surface area contributed by atoms with Crippen LogP contribution in [0, 0.1) is 0 Å². The van der Waals surface area contributed by atoms with E-state index in [0.717, 1.165) is 24.4 Å². The Balaban J connectivity index is 1.59. The Kier molecular flexibility index (Phi) is 4.01. The normalized spacial score (nSPS) is 13.7. The van der Waals surface area contributed by atoms with Gasteiger partial charge in [0.2, 0.25) is 5.89 Å². The predicted molar refractivity (Wildman–Crippen MR) is 97.0 cm³/mol. The van der Waals surface area contributed by atoms with Crippen molar-refractivity contribution in [3.63, 3.8) is 0 Å². The van der Waals surface area contributed by atoms with Crippen molar-refractivity contribution in [1.82, 2.24) is 10.2 Å². The third-order valence-electron chi connectivity index (χ3n) is 4.47. The molecule has 0 N–H and O–H groups in total. The van der Waals surface area contributed by atoms with Gasteiger partial charge >= 0.3 is 0 Å². The smallest absolute Gasteiger partial charge is 0.251 e. The van der Waals surface area contributed by atoms with E-state index in [4.69, 9.17) is 9.15 Å². The quantitative estimate of drug-likeness (QED) is 0.729. The fourth-order valence-corrected chi connectivity index (χ4v) is 3.14. The molecule has 0 aliphatic carbocycles. The number of fused-ring (bicyclic) bond motifs is 1. The lowest BCUT2D eigenvalue weighted by atomic mass is 10.2. The average Bonchev–Trinajstić information content (AvgIpc) is 3.12. The zero-order valence-corrected chi connectivity index (χ0v) is 14.3. The van der Waals surface area contributed by atoms with Gasteiger partial charge in [-0.2, -0.15) is 0 Å². The van der Waals surface area contributed by atoms with Crippen LogP contribution in [0.15, 0.2) is 52.9 Å². The van der Waals surface area contributed by atoms with Crippen LogP contribution >= 0.6 is 0 Å². The minimum atomic E-state index is 0.481. The van der Waals surface area contributed by atoms with Gasteiger partial charge in [-0.25, -0.2) is 0 Å². The summed E-state index contributed by atoms with van der Waals surface area (Å²) in [7, 11) is 3.75. The molecule has 25 heavy (non-hydrogen) atoms. The number of likely N-dealkylation sites (N-methyl/N-ethyl adjacent to an activating group) is 1. The van der Waals surface area contributed by atoms with Crippen molar-refractivity contribution in [3.8, 4) is 17.2 Å². The molecule has 1 aliphatic rings. The molecule has 0 spiro atoms. The summed E-state index contributed by atoms with van der Waals surface area (Å²) in [5.74, 6) is 1.80. The van der Waals surface area contributed by atoms with Gasteiger partial charge in [0.15, 0.2) is 0 Å². The van der Waals surface area contributed by atoms with E-state index in [1.165, 1.54) is 11.4 Å². The molecule has 2 aromatic carbocycles. The maximum Gasteiger partial charge on any atom is 0.251 e. The maximum absolute atomic E-state index is 5.90. The van der Waals surface area contributed by atoms with Gasteiger partial charge in [-0.05, 0) is 24.3 Å². The SMILES string of the molecule is COc1ccccc1-c1nnc(CN2CCN(C)c3ccccc32)o1. The van der Waals surface area contributed by atoms with Crippen LogP contribution in [0.5, 0.6) is 5.75 Å². The minimum Gasteiger partial charge on any atom is -0.496 e. The standard InChI is InChI=1S/C19H20N4O2/c1-22-11-12-23(16-9-5-4-8-15(16)22)13-18-20-21-19(25-18)14-7-3-6-10-17(14)24-2/h3-10H,11-13H2,1-2H3. The van der Waals surface area contributed by atoms with E-state index in [1.54, 1.807) is 7.11 Å². The zero-order valence-electron chi connectivity index (χ0n) is 14.3. The van der Waals surface area contributed by atoms with Crippen LogP contribution in [0.4, 0.5) is 11.4 Å². The first kappa shape index (κ1) is 15.5. The molecular weight excluding hydrogens is 316 g/mol. The summed E-state index contributed by atoms with van der Waals surface area (Å²) < 4.78 is 11.3. The molecule has 0 fully saturated rings. The van der Waals surface area contributed by atoms with E-state index >= 15 is 0 Å². The Hall–Kier alpha value is -3.02. The highest BCUT2D eigenvalue weighted by atomic mass is 16.5. The van der Waals surface area contributed by atoms with Crippen LogP contribution in [0.2, 0.25) is 0 Å². The van der Waals surface area contributed by atoms with Crippen molar-refractivity contribution >= 4 is 11.4 Å². The summed E-state index contributed by atoms with van der Waals surface area (Å²) in [6, 6.07) is 16.0. The number of rotatable bonds is 4. The highest BCUT2D eigenvalue weighted by molar-refractivity contribution is 5.73. The molecule has 6 nitrogen and oxygen atoms in total. The summed E-state index contributed by atoms with van der Waals surface area (Å²) in [5.41, 5.74) is 3.22. The number of benzene rings is 2. The number of methoxy groups -OCH3 is 1. The van der Waals surface area contributed by atoms with Gasteiger partial charge in [0.05, 0.1) is 30.6 Å². The Morgan fingerprint density at radius 3 is 2.60 bits per heavy atom. The molecule has 3 aromatic rings. The molecule has 4 rings (SSSR count). The molecule has 1 aromatic heterocycles. The van der Waals surface area contributed by atoms with Gasteiger partial charge in [-0.15, -0.1) is 10.2 Å². The summed E-state index contributed by atoms with van der Waals surface area (Å²) in [5, 5.41) is 8.42. The van der Waals surface area contributed by atoms with Gasteiger partial charge in [0.25, 0.3) is 5.89 Å². The molecule has 6 heteroatoms. The lowest BCUT2D eigenvalue weighted by molar-refractivity contribution is 0.413. The van der Waals surface area contributed by atoms with Crippen LogP contribution in [0.1, 0.15) is 5.89 Å². The first-order valence-electron chi connectivity index (χ1n) is 8.27. The number of para-hydroxylation sites is 3. The third kappa shape index (κ3) is 2.91. The van der Waals surface area contributed by atoms with Crippen LogP contribution < -0.4 is 14.5 Å². The van der Waals surface area contributed by atoms with Crippen LogP contribution in [-0.2, 0) is 6.54 Å². The van der Waals surface area contributed by atoms with Crippen LogP contribution in [0.3, 0.4) is 0 Å². The number of aromatic nitrogens is 2. The van der Waals surface area contributed by atoms with E-state index in [0.29, 0.717) is 18.3 Å². The number of nitrogens with zero attached hydrogens (tertiary/aromatic N) is 4. The molecule has 0 unspecified atom stereocenters. The fourth-order valence-electron chi connectivity index (χ4n) is 3.14. The second kappa shape index (κ2) is 6.47. The monoisotopic (exact) mass is 336 g/mol. The fraction of sp³-hybridized carbons (Fsp3) is 0.263. The molecule has 0 bridgehead atoms. The molecule has 0 radical (unpaired) electrons. The van der Waals surface area contributed by atoms with Crippen molar-refractivity contribution in [2.24, 2.45) is 0 Å². The van der Waals surface area contributed by atoms with Crippen molar-refractivity contribution in [2.45, 2.75) is 6.54 Å². The number of hydrogen-bond acceptors (Lipinski definition) is 6. The summed E-state index contributed by atoms with van der Waals surface area (Å²) in [6.45, 7) is 2.47. The summed E-state index contributed by atoms with van der Waals surface area (Å²) in [6.07, 6.45) is 0. The van der Waals surface area contributed by atoms with Crippen molar-refractivity contribution < 1.29 is 9.15 Å². The Bertz CT molecular complexity index is 877. The largest absolute Gasteiger partial charge is 0.496 e. The molecule has 0 atom stereocenters. The highest BCUT2D eigenvalue weighted by Crippen LogP contribution is 2.33. The number of ether oxygens (including phenoxy) is 1. The summed E-state index contributed by atoms with van der Waals surface area (Å²) >= 11 is 0. The molecule has 0 saturated heterocycles. The van der Waals surface area contributed by atoms with E-state index in [2.05, 4.69) is 51.3 Å².